The molecule has 0 amide bonds. The molecule has 1 N–H and O–H groups in total. The van der Waals surface area contributed by atoms with Crippen molar-refractivity contribution in [3.05, 3.63) is 0 Å². The second-order valence-corrected chi connectivity index (χ2v) is 6.10. The van der Waals surface area contributed by atoms with Crippen LogP contribution in [0.5, 0.6) is 0 Å². The van der Waals surface area contributed by atoms with Gasteiger partial charge in [0.25, 0.3) is 0 Å². The average Bonchev–Trinajstić information content (AvgIpc) is 2.37. The SMILES string of the molecule is O=S1(=O)CCCC1CNCCC(F)(F)F. The highest BCUT2D eigenvalue weighted by molar-refractivity contribution is 7.92. The van der Waals surface area contributed by atoms with Gasteiger partial charge in [0.15, 0.2) is 9.84 Å². The Bertz CT molecular complexity index is 299. The van der Waals surface area contributed by atoms with Gasteiger partial charge in [0.05, 0.1) is 17.4 Å². The fourth-order valence-electron chi connectivity index (χ4n) is 1.58. The Morgan fingerprint density at radius 2 is 2.00 bits per heavy atom. The van der Waals surface area contributed by atoms with Gasteiger partial charge in [-0.3, -0.25) is 0 Å². The molecule has 15 heavy (non-hydrogen) atoms. The lowest BCUT2D eigenvalue weighted by Gasteiger charge is -2.11. The number of hydrogen-bond acceptors (Lipinski definition) is 3. The Morgan fingerprint density at radius 3 is 2.47 bits per heavy atom. The Balaban J connectivity index is 2.21. The largest absolute Gasteiger partial charge is 0.390 e. The van der Waals surface area contributed by atoms with Crippen LogP contribution in [-0.4, -0.2) is 38.7 Å². The van der Waals surface area contributed by atoms with Crippen molar-refractivity contribution in [3.63, 3.8) is 0 Å². The van der Waals surface area contributed by atoms with Crippen LogP contribution < -0.4 is 5.32 Å². The predicted octanol–water partition coefficient (Wildman–Crippen LogP) is 1.11. The monoisotopic (exact) mass is 245 g/mol. The molecular formula is C8H14F3NO2S. The molecule has 3 nitrogen and oxygen atoms in total. The van der Waals surface area contributed by atoms with Crippen molar-refractivity contribution in [3.8, 4) is 0 Å². The van der Waals surface area contributed by atoms with Gasteiger partial charge in [0, 0.05) is 13.1 Å². The summed E-state index contributed by atoms with van der Waals surface area (Å²) in [5.74, 6) is 0.165. The van der Waals surface area contributed by atoms with Crippen molar-refractivity contribution >= 4 is 9.84 Å². The highest BCUT2D eigenvalue weighted by atomic mass is 32.2. The van der Waals surface area contributed by atoms with Crippen LogP contribution in [0.15, 0.2) is 0 Å². The third kappa shape index (κ3) is 4.38. The maximum Gasteiger partial charge on any atom is 0.390 e. The van der Waals surface area contributed by atoms with E-state index in [9.17, 15) is 21.6 Å². The van der Waals surface area contributed by atoms with E-state index >= 15 is 0 Å². The Labute approximate surface area is 87.0 Å². The second kappa shape index (κ2) is 4.69. The molecule has 0 saturated carbocycles. The lowest BCUT2D eigenvalue weighted by molar-refractivity contribution is -0.133. The molecule has 0 spiro atoms. The van der Waals surface area contributed by atoms with Crippen LogP contribution >= 0.6 is 0 Å². The van der Waals surface area contributed by atoms with Crippen LogP contribution in [0.4, 0.5) is 13.2 Å². The summed E-state index contributed by atoms with van der Waals surface area (Å²) in [7, 11) is -3.05. The molecule has 1 saturated heterocycles. The number of nitrogens with one attached hydrogen (secondary N) is 1. The van der Waals surface area contributed by atoms with Crippen molar-refractivity contribution < 1.29 is 21.6 Å². The molecule has 1 aliphatic heterocycles. The van der Waals surface area contributed by atoms with Crippen molar-refractivity contribution in [2.24, 2.45) is 0 Å². The van der Waals surface area contributed by atoms with E-state index in [0.717, 1.165) is 0 Å². The highest BCUT2D eigenvalue weighted by Gasteiger charge is 2.31. The second-order valence-electron chi connectivity index (χ2n) is 3.70. The molecular weight excluding hydrogens is 231 g/mol. The molecule has 0 radical (unpaired) electrons. The van der Waals surface area contributed by atoms with Crippen LogP contribution in [0.1, 0.15) is 19.3 Å². The van der Waals surface area contributed by atoms with Crippen LogP contribution in [0.2, 0.25) is 0 Å². The first-order chi connectivity index (χ1) is 6.81. The predicted molar refractivity (Wildman–Crippen MR) is 50.4 cm³/mol. The van der Waals surface area contributed by atoms with Gasteiger partial charge in [-0.15, -0.1) is 0 Å². The Morgan fingerprint density at radius 1 is 1.33 bits per heavy atom. The van der Waals surface area contributed by atoms with Crippen LogP contribution in [-0.2, 0) is 9.84 Å². The molecule has 1 fully saturated rings. The maximum atomic E-state index is 11.8. The number of halogens is 3. The molecule has 0 aromatic carbocycles. The Hall–Kier alpha value is -0.300. The van der Waals surface area contributed by atoms with Gasteiger partial charge in [-0.25, -0.2) is 8.42 Å². The third-order valence-corrected chi connectivity index (χ3v) is 4.70. The molecule has 1 heterocycles. The van der Waals surface area contributed by atoms with Gasteiger partial charge in [-0.1, -0.05) is 0 Å². The van der Waals surface area contributed by atoms with Gasteiger partial charge in [0.2, 0.25) is 0 Å². The Kier molecular flexibility index (Phi) is 3.99. The summed E-state index contributed by atoms with van der Waals surface area (Å²) in [5, 5.41) is 2.05. The molecule has 1 unspecified atom stereocenters. The van der Waals surface area contributed by atoms with E-state index in [1.807, 2.05) is 0 Å². The van der Waals surface area contributed by atoms with Crippen molar-refractivity contribution in [1.82, 2.24) is 5.32 Å². The first kappa shape index (κ1) is 12.8. The molecule has 90 valence electrons. The quantitative estimate of drug-likeness (QED) is 0.755. The first-order valence-corrected chi connectivity index (χ1v) is 6.52. The normalized spacial score (nSPS) is 25.7. The van der Waals surface area contributed by atoms with Gasteiger partial charge < -0.3 is 5.32 Å². The van der Waals surface area contributed by atoms with Gasteiger partial charge in [-0.05, 0) is 12.8 Å². The number of sulfone groups is 1. The molecule has 1 atom stereocenters. The topological polar surface area (TPSA) is 46.2 Å². The standard InChI is InChI=1S/C8H14F3NO2S/c9-8(10,11)3-4-12-6-7-2-1-5-15(7,13)14/h7,12H,1-6H2. The van der Waals surface area contributed by atoms with Crippen LogP contribution in [0.3, 0.4) is 0 Å². The molecule has 0 aromatic heterocycles. The lowest BCUT2D eigenvalue weighted by atomic mass is 10.2. The summed E-state index contributed by atoms with van der Waals surface area (Å²) in [4.78, 5) is 0. The minimum Gasteiger partial charge on any atom is -0.315 e. The molecule has 7 heteroatoms. The zero-order valence-corrected chi connectivity index (χ0v) is 9.00. The molecule has 0 aliphatic carbocycles. The van der Waals surface area contributed by atoms with E-state index in [-0.39, 0.29) is 18.8 Å². The molecule has 0 aromatic rings. The van der Waals surface area contributed by atoms with Crippen LogP contribution in [0.25, 0.3) is 0 Å². The van der Waals surface area contributed by atoms with E-state index in [1.54, 1.807) is 0 Å². The van der Waals surface area contributed by atoms with Crippen molar-refractivity contribution in [2.75, 3.05) is 18.8 Å². The first-order valence-electron chi connectivity index (χ1n) is 4.80. The van der Waals surface area contributed by atoms with E-state index in [1.165, 1.54) is 0 Å². The third-order valence-electron chi connectivity index (χ3n) is 2.42. The number of alkyl halides is 3. The fraction of sp³-hybridized carbons (Fsp3) is 1.00. The molecule has 1 aliphatic rings. The van der Waals surface area contributed by atoms with Gasteiger partial charge in [-0.2, -0.15) is 13.2 Å². The summed E-state index contributed by atoms with van der Waals surface area (Å²) in [6, 6.07) is 0. The van der Waals surface area contributed by atoms with E-state index in [0.29, 0.717) is 12.8 Å². The van der Waals surface area contributed by atoms with E-state index in [4.69, 9.17) is 0 Å². The van der Waals surface area contributed by atoms with Gasteiger partial charge >= 0.3 is 6.18 Å². The summed E-state index contributed by atoms with van der Waals surface area (Å²) in [5.41, 5.74) is 0. The summed E-state index contributed by atoms with van der Waals surface area (Å²) in [6.45, 7) is -0.0755. The van der Waals surface area contributed by atoms with Crippen molar-refractivity contribution in [2.45, 2.75) is 30.7 Å². The molecule has 1 rings (SSSR count). The van der Waals surface area contributed by atoms with E-state index < -0.39 is 27.7 Å². The minimum atomic E-state index is -4.18. The maximum absolute atomic E-state index is 11.8. The zero-order chi connectivity index (χ0) is 11.5. The van der Waals surface area contributed by atoms with Gasteiger partial charge in [0.1, 0.15) is 0 Å². The fourth-order valence-corrected chi connectivity index (χ4v) is 3.38. The van der Waals surface area contributed by atoms with Crippen LogP contribution in [0, 0.1) is 0 Å². The molecule has 0 bridgehead atoms. The summed E-state index contributed by atoms with van der Waals surface area (Å²) < 4.78 is 57.8. The zero-order valence-electron chi connectivity index (χ0n) is 8.18. The number of rotatable bonds is 4. The average molecular weight is 245 g/mol. The lowest BCUT2D eigenvalue weighted by Crippen LogP contribution is -2.32. The smallest absolute Gasteiger partial charge is 0.315 e. The number of hydrogen-bond donors (Lipinski definition) is 1. The summed E-state index contributed by atoms with van der Waals surface area (Å²) in [6.07, 6.45) is -3.92. The van der Waals surface area contributed by atoms with Crippen molar-refractivity contribution in [1.29, 1.82) is 0 Å². The summed E-state index contributed by atoms with van der Waals surface area (Å²) >= 11 is 0. The van der Waals surface area contributed by atoms with E-state index in [2.05, 4.69) is 5.32 Å². The highest BCUT2D eigenvalue weighted by Crippen LogP contribution is 2.20. The minimum absolute atomic E-state index is 0.137.